The van der Waals surface area contributed by atoms with E-state index in [2.05, 4.69) is 9.71 Å². The minimum absolute atomic E-state index is 0.265. The Morgan fingerprint density at radius 1 is 1.40 bits per heavy atom. The van der Waals surface area contributed by atoms with Gasteiger partial charge in [0.1, 0.15) is 0 Å². The quantitative estimate of drug-likeness (QED) is 0.866. The molecule has 0 saturated carbocycles. The van der Waals surface area contributed by atoms with E-state index in [0.717, 1.165) is 37.8 Å². The predicted molar refractivity (Wildman–Crippen MR) is 80.0 cm³/mol. The van der Waals surface area contributed by atoms with Gasteiger partial charge in [0.15, 0.2) is 5.13 Å². The van der Waals surface area contributed by atoms with E-state index in [1.165, 1.54) is 20.5 Å². The molecule has 1 saturated heterocycles. The maximum Gasteiger partial charge on any atom is 0.303 e. The summed E-state index contributed by atoms with van der Waals surface area (Å²) in [5.41, 5.74) is 6.72. The molecule has 3 rings (SSSR count). The van der Waals surface area contributed by atoms with Crippen molar-refractivity contribution in [3.05, 3.63) is 10.6 Å². The second kappa shape index (κ2) is 5.59. The third-order valence-electron chi connectivity index (χ3n) is 3.97. The smallest absolute Gasteiger partial charge is 0.303 e. The first-order valence-electron chi connectivity index (χ1n) is 7.05. The molecule has 1 aromatic rings. The highest BCUT2D eigenvalue weighted by molar-refractivity contribution is 7.90. The second-order valence-electron chi connectivity index (χ2n) is 5.45. The molecule has 1 fully saturated rings. The lowest BCUT2D eigenvalue weighted by molar-refractivity contribution is 0.273. The molecule has 2 aliphatic rings. The standard InChI is InChI=1S/C12H20N4O2S2/c13-7-9-3-2-6-16(8-9)20(17,18)15-12-14-10-4-1-5-11(10)19-12/h9H,1-8,13H2,(H,14,15). The summed E-state index contributed by atoms with van der Waals surface area (Å²) >= 11 is 1.47. The van der Waals surface area contributed by atoms with Gasteiger partial charge in [0.05, 0.1) is 5.69 Å². The molecule has 20 heavy (non-hydrogen) atoms. The number of aromatic nitrogens is 1. The maximum atomic E-state index is 12.4. The zero-order valence-corrected chi connectivity index (χ0v) is 13.0. The fourth-order valence-corrected chi connectivity index (χ4v) is 5.40. The lowest BCUT2D eigenvalue weighted by atomic mass is 10.0. The maximum absolute atomic E-state index is 12.4. The Balaban J connectivity index is 1.71. The van der Waals surface area contributed by atoms with Crippen LogP contribution in [0.1, 0.15) is 29.8 Å². The average molecular weight is 316 g/mol. The molecule has 1 aliphatic carbocycles. The van der Waals surface area contributed by atoms with Gasteiger partial charge in [-0.3, -0.25) is 0 Å². The van der Waals surface area contributed by atoms with Crippen LogP contribution < -0.4 is 10.5 Å². The van der Waals surface area contributed by atoms with Gasteiger partial charge in [-0.1, -0.05) is 0 Å². The molecule has 1 aliphatic heterocycles. The molecule has 0 amide bonds. The second-order valence-corrected chi connectivity index (χ2v) is 8.21. The Bertz CT molecular complexity index is 563. The molecule has 1 unspecified atom stereocenters. The van der Waals surface area contributed by atoms with Crippen molar-refractivity contribution in [1.82, 2.24) is 9.29 Å². The van der Waals surface area contributed by atoms with Crippen molar-refractivity contribution in [3.8, 4) is 0 Å². The third kappa shape index (κ3) is 2.83. The summed E-state index contributed by atoms with van der Waals surface area (Å²) in [6.07, 6.45) is 5.00. The molecule has 8 heteroatoms. The summed E-state index contributed by atoms with van der Waals surface area (Å²) in [5.74, 6) is 0.265. The van der Waals surface area contributed by atoms with E-state index in [4.69, 9.17) is 5.73 Å². The lowest BCUT2D eigenvalue weighted by Crippen LogP contribution is -2.44. The topological polar surface area (TPSA) is 88.3 Å². The molecule has 0 aromatic carbocycles. The van der Waals surface area contributed by atoms with Gasteiger partial charge in [-0.25, -0.2) is 9.71 Å². The van der Waals surface area contributed by atoms with Gasteiger partial charge in [0.25, 0.3) is 0 Å². The van der Waals surface area contributed by atoms with Gasteiger partial charge in [-0.15, -0.1) is 11.3 Å². The molecule has 2 heterocycles. The highest BCUT2D eigenvalue weighted by atomic mass is 32.2. The fourth-order valence-electron chi connectivity index (χ4n) is 2.85. The molecule has 0 spiro atoms. The summed E-state index contributed by atoms with van der Waals surface area (Å²) in [7, 11) is -3.49. The zero-order chi connectivity index (χ0) is 14.2. The van der Waals surface area contributed by atoms with Gasteiger partial charge < -0.3 is 5.73 Å². The van der Waals surface area contributed by atoms with Crippen molar-refractivity contribution in [2.45, 2.75) is 32.1 Å². The van der Waals surface area contributed by atoms with E-state index in [1.54, 1.807) is 0 Å². The van der Waals surface area contributed by atoms with E-state index in [-0.39, 0.29) is 5.92 Å². The lowest BCUT2D eigenvalue weighted by Gasteiger charge is -2.30. The van der Waals surface area contributed by atoms with Crippen LogP contribution in [0.3, 0.4) is 0 Å². The van der Waals surface area contributed by atoms with E-state index in [0.29, 0.717) is 24.8 Å². The molecule has 0 bridgehead atoms. The van der Waals surface area contributed by atoms with Crippen molar-refractivity contribution < 1.29 is 8.42 Å². The normalized spacial score (nSPS) is 23.8. The van der Waals surface area contributed by atoms with Gasteiger partial charge in [-0.2, -0.15) is 12.7 Å². The first-order valence-corrected chi connectivity index (χ1v) is 9.30. The van der Waals surface area contributed by atoms with Gasteiger partial charge in [0.2, 0.25) is 0 Å². The zero-order valence-electron chi connectivity index (χ0n) is 11.3. The number of nitrogens with two attached hydrogens (primary N) is 1. The molecule has 3 N–H and O–H groups in total. The predicted octanol–water partition coefficient (Wildman–Crippen LogP) is 0.959. The number of piperidine rings is 1. The Hall–Kier alpha value is -0.700. The van der Waals surface area contributed by atoms with Crippen molar-refractivity contribution in [2.75, 3.05) is 24.4 Å². The third-order valence-corrected chi connectivity index (χ3v) is 6.63. The first-order chi connectivity index (χ1) is 9.58. The number of hydrogen-bond donors (Lipinski definition) is 2. The molecule has 1 atom stereocenters. The number of nitrogens with zero attached hydrogens (tertiary/aromatic N) is 2. The molecule has 112 valence electrons. The molecule has 1 aromatic heterocycles. The van der Waals surface area contributed by atoms with Crippen LogP contribution in [-0.2, 0) is 23.1 Å². The van der Waals surface area contributed by atoms with Crippen LogP contribution >= 0.6 is 11.3 Å². The fraction of sp³-hybridized carbons (Fsp3) is 0.750. The number of anilines is 1. The van der Waals surface area contributed by atoms with Crippen molar-refractivity contribution in [3.63, 3.8) is 0 Å². The Morgan fingerprint density at radius 3 is 3.00 bits per heavy atom. The van der Waals surface area contributed by atoms with Crippen LogP contribution in [-0.4, -0.2) is 37.3 Å². The average Bonchev–Trinajstić information content (AvgIpc) is 2.99. The summed E-state index contributed by atoms with van der Waals surface area (Å²) in [6, 6.07) is 0. The Kier molecular flexibility index (Phi) is 3.98. The number of hydrogen-bond acceptors (Lipinski definition) is 5. The highest BCUT2D eigenvalue weighted by Gasteiger charge is 2.29. The summed E-state index contributed by atoms with van der Waals surface area (Å²) in [6.45, 7) is 1.62. The van der Waals surface area contributed by atoms with E-state index in [1.807, 2.05) is 0 Å². The van der Waals surface area contributed by atoms with Crippen LogP contribution in [0.15, 0.2) is 0 Å². The van der Waals surface area contributed by atoms with Crippen LogP contribution in [0.2, 0.25) is 0 Å². The highest BCUT2D eigenvalue weighted by Crippen LogP contribution is 2.31. The Labute approximate surface area is 123 Å². The van der Waals surface area contributed by atoms with Crippen molar-refractivity contribution >= 4 is 26.7 Å². The minimum Gasteiger partial charge on any atom is -0.330 e. The van der Waals surface area contributed by atoms with E-state index < -0.39 is 10.2 Å². The van der Waals surface area contributed by atoms with Crippen LogP contribution in [0.4, 0.5) is 5.13 Å². The van der Waals surface area contributed by atoms with Crippen molar-refractivity contribution in [2.24, 2.45) is 11.7 Å². The first kappa shape index (κ1) is 14.2. The number of aryl methyl sites for hydroxylation is 2. The monoisotopic (exact) mass is 316 g/mol. The molecular formula is C12H20N4O2S2. The number of thiazole rings is 1. The summed E-state index contributed by atoms with van der Waals surface area (Å²) < 4.78 is 28.9. The number of rotatable bonds is 4. The SMILES string of the molecule is NCC1CCCN(S(=O)(=O)Nc2nc3c(s2)CCC3)C1. The summed E-state index contributed by atoms with van der Waals surface area (Å²) in [5, 5.41) is 0.504. The molecular weight excluding hydrogens is 296 g/mol. The van der Waals surface area contributed by atoms with Crippen molar-refractivity contribution in [1.29, 1.82) is 0 Å². The Morgan fingerprint density at radius 2 is 2.25 bits per heavy atom. The molecule has 6 nitrogen and oxygen atoms in total. The number of nitrogens with one attached hydrogen (secondary N) is 1. The largest absolute Gasteiger partial charge is 0.330 e. The number of fused-ring (bicyclic) bond motifs is 1. The van der Waals surface area contributed by atoms with Gasteiger partial charge in [-0.05, 0) is 44.6 Å². The van der Waals surface area contributed by atoms with Gasteiger partial charge >= 0.3 is 10.2 Å². The molecule has 0 radical (unpaired) electrons. The minimum atomic E-state index is -3.49. The van der Waals surface area contributed by atoms with Crippen LogP contribution in [0.25, 0.3) is 0 Å². The van der Waals surface area contributed by atoms with Crippen LogP contribution in [0.5, 0.6) is 0 Å². The summed E-state index contributed by atoms with van der Waals surface area (Å²) in [4.78, 5) is 5.61. The van der Waals surface area contributed by atoms with Gasteiger partial charge in [0, 0.05) is 18.0 Å². The van der Waals surface area contributed by atoms with E-state index >= 15 is 0 Å². The van der Waals surface area contributed by atoms with E-state index in [9.17, 15) is 8.42 Å². The van der Waals surface area contributed by atoms with Crippen LogP contribution in [0, 0.1) is 5.92 Å².